The highest BCUT2D eigenvalue weighted by atomic mass is 19.4. The highest BCUT2D eigenvalue weighted by molar-refractivity contribution is 5.37. The molecule has 0 fully saturated rings. The second-order valence-corrected chi connectivity index (χ2v) is 3.83. The van der Waals surface area contributed by atoms with Gasteiger partial charge in [-0.05, 0) is 42.3 Å². The standard InChI is InChI=1S/C13H12F3N/c1-2-10-7-8-17(9-10)12-5-3-11(4-6-12)13(14,15)16/h3-9H,2H2,1H3. The first-order chi connectivity index (χ1) is 8.00. The Bertz CT molecular complexity index is 494. The first-order valence-corrected chi connectivity index (χ1v) is 5.35. The van der Waals surface area contributed by atoms with Crippen molar-refractivity contribution in [1.29, 1.82) is 0 Å². The van der Waals surface area contributed by atoms with E-state index >= 15 is 0 Å². The second kappa shape index (κ2) is 4.28. The van der Waals surface area contributed by atoms with Gasteiger partial charge in [0.2, 0.25) is 0 Å². The van der Waals surface area contributed by atoms with E-state index in [0.29, 0.717) is 0 Å². The number of alkyl halides is 3. The lowest BCUT2D eigenvalue weighted by molar-refractivity contribution is -0.137. The van der Waals surface area contributed by atoms with E-state index in [-0.39, 0.29) is 0 Å². The van der Waals surface area contributed by atoms with Crippen molar-refractivity contribution in [2.24, 2.45) is 0 Å². The van der Waals surface area contributed by atoms with Crippen LogP contribution < -0.4 is 0 Å². The van der Waals surface area contributed by atoms with Crippen molar-refractivity contribution >= 4 is 0 Å². The number of aryl methyl sites for hydroxylation is 1. The van der Waals surface area contributed by atoms with Gasteiger partial charge in [-0.2, -0.15) is 13.2 Å². The number of aromatic nitrogens is 1. The fraction of sp³-hybridized carbons (Fsp3) is 0.231. The average Bonchev–Trinajstić information content (AvgIpc) is 2.76. The van der Waals surface area contributed by atoms with Gasteiger partial charge in [0.05, 0.1) is 5.56 Å². The first kappa shape index (κ1) is 11.8. The molecule has 0 aliphatic carbocycles. The van der Waals surface area contributed by atoms with Gasteiger partial charge in [0.1, 0.15) is 0 Å². The summed E-state index contributed by atoms with van der Waals surface area (Å²) in [6, 6.07) is 7.10. The summed E-state index contributed by atoms with van der Waals surface area (Å²) in [6.07, 6.45) is 0.404. The molecule has 1 nitrogen and oxygen atoms in total. The lowest BCUT2D eigenvalue weighted by Gasteiger charge is -2.08. The minimum absolute atomic E-state index is 0.621. The molecule has 0 unspecified atom stereocenters. The lowest BCUT2D eigenvalue weighted by Crippen LogP contribution is -2.04. The summed E-state index contributed by atoms with van der Waals surface area (Å²) in [4.78, 5) is 0. The number of benzene rings is 1. The molecule has 90 valence electrons. The molecule has 2 rings (SSSR count). The highest BCUT2D eigenvalue weighted by Gasteiger charge is 2.29. The van der Waals surface area contributed by atoms with Crippen molar-refractivity contribution in [3.63, 3.8) is 0 Å². The van der Waals surface area contributed by atoms with Crippen molar-refractivity contribution in [1.82, 2.24) is 4.57 Å². The van der Waals surface area contributed by atoms with E-state index in [1.807, 2.05) is 30.0 Å². The molecule has 1 aromatic carbocycles. The van der Waals surface area contributed by atoms with Gasteiger partial charge in [-0.25, -0.2) is 0 Å². The third kappa shape index (κ3) is 2.52. The van der Waals surface area contributed by atoms with Crippen molar-refractivity contribution in [2.45, 2.75) is 19.5 Å². The Balaban J connectivity index is 2.29. The van der Waals surface area contributed by atoms with Gasteiger partial charge in [-0.15, -0.1) is 0 Å². The van der Waals surface area contributed by atoms with Crippen LogP contribution in [0.2, 0.25) is 0 Å². The number of nitrogens with zero attached hydrogens (tertiary/aromatic N) is 1. The Morgan fingerprint density at radius 2 is 1.71 bits per heavy atom. The first-order valence-electron chi connectivity index (χ1n) is 5.35. The Kier molecular flexibility index (Phi) is 2.96. The minimum atomic E-state index is -4.27. The number of halogens is 3. The topological polar surface area (TPSA) is 4.93 Å². The van der Waals surface area contributed by atoms with E-state index < -0.39 is 11.7 Å². The van der Waals surface area contributed by atoms with Gasteiger partial charge in [-0.3, -0.25) is 0 Å². The quantitative estimate of drug-likeness (QED) is 0.744. The Morgan fingerprint density at radius 3 is 2.18 bits per heavy atom. The molecule has 0 N–H and O–H groups in total. The van der Waals surface area contributed by atoms with Crippen LogP contribution in [0.4, 0.5) is 13.2 Å². The lowest BCUT2D eigenvalue weighted by atomic mass is 10.2. The fourth-order valence-electron chi connectivity index (χ4n) is 1.63. The average molecular weight is 239 g/mol. The maximum Gasteiger partial charge on any atom is 0.416 e. The van der Waals surface area contributed by atoms with Crippen LogP contribution in [0.3, 0.4) is 0 Å². The maximum absolute atomic E-state index is 12.4. The molecule has 0 saturated carbocycles. The van der Waals surface area contributed by atoms with Crippen molar-refractivity contribution in [3.8, 4) is 5.69 Å². The molecule has 0 aliphatic rings. The van der Waals surface area contributed by atoms with Crippen LogP contribution in [0.1, 0.15) is 18.1 Å². The third-order valence-corrected chi connectivity index (χ3v) is 2.66. The van der Waals surface area contributed by atoms with E-state index in [2.05, 4.69) is 0 Å². The van der Waals surface area contributed by atoms with E-state index in [0.717, 1.165) is 29.8 Å². The summed E-state index contributed by atoms with van der Waals surface area (Å²) in [7, 11) is 0. The summed E-state index contributed by atoms with van der Waals surface area (Å²) in [5.41, 5.74) is 1.27. The van der Waals surface area contributed by atoms with Crippen LogP contribution in [-0.2, 0) is 12.6 Å². The zero-order chi connectivity index (χ0) is 12.5. The van der Waals surface area contributed by atoms with Gasteiger partial charge in [0.15, 0.2) is 0 Å². The minimum Gasteiger partial charge on any atom is -0.324 e. The molecule has 0 aliphatic heterocycles. The molecule has 0 bridgehead atoms. The molecule has 1 heterocycles. The smallest absolute Gasteiger partial charge is 0.324 e. The summed E-state index contributed by atoms with van der Waals surface area (Å²) < 4.78 is 38.9. The Labute approximate surface area is 97.5 Å². The summed E-state index contributed by atoms with van der Waals surface area (Å²) >= 11 is 0. The third-order valence-electron chi connectivity index (χ3n) is 2.66. The number of hydrogen-bond donors (Lipinski definition) is 0. The normalized spacial score (nSPS) is 11.8. The SMILES string of the molecule is CCc1ccn(-c2ccc(C(F)(F)F)cc2)c1. The predicted molar refractivity (Wildman–Crippen MR) is 60.1 cm³/mol. The highest BCUT2D eigenvalue weighted by Crippen LogP contribution is 2.29. The van der Waals surface area contributed by atoms with Gasteiger partial charge in [0.25, 0.3) is 0 Å². The van der Waals surface area contributed by atoms with Gasteiger partial charge < -0.3 is 4.57 Å². The molecule has 0 atom stereocenters. The summed E-state index contributed by atoms with van der Waals surface area (Å²) in [6.45, 7) is 2.03. The van der Waals surface area contributed by atoms with Crippen LogP contribution in [0, 0.1) is 0 Å². The monoisotopic (exact) mass is 239 g/mol. The van der Waals surface area contributed by atoms with Gasteiger partial charge >= 0.3 is 6.18 Å². The maximum atomic E-state index is 12.4. The number of hydrogen-bond acceptors (Lipinski definition) is 0. The van der Waals surface area contributed by atoms with Crippen LogP contribution in [-0.4, -0.2) is 4.57 Å². The largest absolute Gasteiger partial charge is 0.416 e. The zero-order valence-electron chi connectivity index (χ0n) is 9.33. The van der Waals surface area contributed by atoms with Gasteiger partial charge in [0, 0.05) is 18.1 Å². The van der Waals surface area contributed by atoms with Crippen molar-refractivity contribution < 1.29 is 13.2 Å². The molecule has 17 heavy (non-hydrogen) atoms. The molecule has 0 saturated heterocycles. The van der Waals surface area contributed by atoms with E-state index in [1.54, 1.807) is 0 Å². The van der Waals surface area contributed by atoms with Crippen molar-refractivity contribution in [2.75, 3.05) is 0 Å². The van der Waals surface area contributed by atoms with E-state index in [4.69, 9.17) is 0 Å². The van der Waals surface area contributed by atoms with Crippen LogP contribution in [0.5, 0.6) is 0 Å². The number of rotatable bonds is 2. The van der Waals surface area contributed by atoms with E-state index in [9.17, 15) is 13.2 Å². The molecule has 0 amide bonds. The molecule has 2 aromatic rings. The predicted octanol–water partition coefficient (Wildman–Crippen LogP) is 4.06. The second-order valence-electron chi connectivity index (χ2n) is 3.83. The van der Waals surface area contributed by atoms with Crippen LogP contribution >= 0.6 is 0 Å². The summed E-state index contributed by atoms with van der Waals surface area (Å²) in [5.74, 6) is 0. The van der Waals surface area contributed by atoms with Crippen LogP contribution in [0.25, 0.3) is 5.69 Å². The molecule has 0 radical (unpaired) electrons. The Hall–Kier alpha value is -1.71. The van der Waals surface area contributed by atoms with Crippen molar-refractivity contribution in [3.05, 3.63) is 53.9 Å². The molecular formula is C13H12F3N. The molecule has 0 spiro atoms. The molecule has 1 aromatic heterocycles. The zero-order valence-corrected chi connectivity index (χ0v) is 9.33. The van der Waals surface area contributed by atoms with Crippen LogP contribution in [0.15, 0.2) is 42.7 Å². The molecular weight excluding hydrogens is 227 g/mol. The Morgan fingerprint density at radius 1 is 1.06 bits per heavy atom. The molecule has 4 heteroatoms. The van der Waals surface area contributed by atoms with Gasteiger partial charge in [-0.1, -0.05) is 6.92 Å². The fourth-order valence-corrected chi connectivity index (χ4v) is 1.63. The summed E-state index contributed by atoms with van der Waals surface area (Å²) in [5, 5.41) is 0. The van der Waals surface area contributed by atoms with E-state index in [1.165, 1.54) is 12.1 Å².